The first-order valence-corrected chi connectivity index (χ1v) is 6.81. The molecular weight excluding hydrogens is 264 g/mol. The van der Waals surface area contributed by atoms with E-state index in [1.54, 1.807) is 10.6 Å². The Morgan fingerprint density at radius 2 is 1.76 bits per heavy atom. The van der Waals surface area contributed by atoms with Crippen molar-refractivity contribution < 1.29 is 0 Å². The number of nitrogens with zero attached hydrogens (tertiary/aromatic N) is 2. The fourth-order valence-corrected chi connectivity index (χ4v) is 2.25. The lowest BCUT2D eigenvalue weighted by Crippen LogP contribution is -2.27. The van der Waals surface area contributed by atoms with Crippen molar-refractivity contribution in [3.05, 3.63) is 65.0 Å². The number of nitrogens with two attached hydrogens (primary N) is 1. The van der Waals surface area contributed by atoms with E-state index < -0.39 is 0 Å². The maximum absolute atomic E-state index is 12.6. The van der Waals surface area contributed by atoms with Crippen molar-refractivity contribution in [3.8, 4) is 0 Å². The van der Waals surface area contributed by atoms with Gasteiger partial charge in [0.25, 0.3) is 5.56 Å². The van der Waals surface area contributed by atoms with Crippen LogP contribution in [-0.4, -0.2) is 16.1 Å². The van der Waals surface area contributed by atoms with E-state index >= 15 is 0 Å². The van der Waals surface area contributed by atoms with Gasteiger partial charge in [-0.1, -0.05) is 30.3 Å². The summed E-state index contributed by atoms with van der Waals surface area (Å²) >= 11 is 0. The molecule has 0 atom stereocenters. The zero-order chi connectivity index (χ0) is 14.7. The first-order chi connectivity index (χ1) is 10.3. The van der Waals surface area contributed by atoms with Crippen LogP contribution in [-0.2, 0) is 6.54 Å². The van der Waals surface area contributed by atoms with E-state index in [2.05, 4.69) is 10.3 Å². The van der Waals surface area contributed by atoms with Gasteiger partial charge in [0.15, 0.2) is 0 Å². The summed E-state index contributed by atoms with van der Waals surface area (Å²) in [6.45, 7) is 0.801. The Bertz CT molecular complexity index is 811. The van der Waals surface area contributed by atoms with E-state index in [0.29, 0.717) is 29.9 Å². The monoisotopic (exact) mass is 280 g/mol. The lowest BCUT2D eigenvalue weighted by molar-refractivity contribution is 0.684. The first kappa shape index (κ1) is 13.3. The third-order valence-electron chi connectivity index (χ3n) is 3.24. The Hall–Kier alpha value is -2.66. The van der Waals surface area contributed by atoms with Gasteiger partial charge in [0.2, 0.25) is 5.95 Å². The molecule has 0 fully saturated rings. The van der Waals surface area contributed by atoms with Gasteiger partial charge < -0.3 is 11.1 Å². The molecule has 1 aromatic heterocycles. The number of aromatic nitrogens is 2. The van der Waals surface area contributed by atoms with Crippen LogP contribution in [0, 0.1) is 0 Å². The molecule has 0 saturated heterocycles. The van der Waals surface area contributed by atoms with Crippen LogP contribution >= 0.6 is 0 Å². The second-order valence-electron chi connectivity index (χ2n) is 4.69. The highest BCUT2D eigenvalue weighted by molar-refractivity contribution is 5.79. The van der Waals surface area contributed by atoms with E-state index in [0.717, 1.165) is 5.69 Å². The molecule has 3 N–H and O–H groups in total. The smallest absolute Gasteiger partial charge is 0.262 e. The van der Waals surface area contributed by atoms with E-state index in [-0.39, 0.29) is 5.56 Å². The predicted molar refractivity (Wildman–Crippen MR) is 84.8 cm³/mol. The summed E-state index contributed by atoms with van der Waals surface area (Å²) in [4.78, 5) is 17.1. The first-order valence-electron chi connectivity index (χ1n) is 6.81. The summed E-state index contributed by atoms with van der Waals surface area (Å²) in [5.41, 5.74) is 7.10. The Kier molecular flexibility index (Phi) is 3.66. The van der Waals surface area contributed by atoms with Gasteiger partial charge in [-0.15, -0.1) is 0 Å². The maximum atomic E-state index is 12.6. The average Bonchev–Trinajstić information content (AvgIpc) is 2.52. The molecule has 3 rings (SSSR count). The van der Waals surface area contributed by atoms with Gasteiger partial charge in [0, 0.05) is 18.8 Å². The van der Waals surface area contributed by atoms with Gasteiger partial charge in [-0.3, -0.25) is 9.36 Å². The third-order valence-corrected chi connectivity index (χ3v) is 3.24. The molecule has 5 nitrogen and oxygen atoms in total. The fraction of sp³-hybridized carbons (Fsp3) is 0.125. The minimum atomic E-state index is -0.0792. The molecule has 0 amide bonds. The van der Waals surface area contributed by atoms with Crippen molar-refractivity contribution in [3.63, 3.8) is 0 Å². The molecule has 0 radical (unpaired) electrons. The summed E-state index contributed by atoms with van der Waals surface area (Å²) in [5.74, 6) is 0.510. The largest absolute Gasteiger partial charge is 0.329 e. The van der Waals surface area contributed by atoms with Crippen LogP contribution in [0.15, 0.2) is 59.4 Å². The number of hydrogen-bond donors (Lipinski definition) is 2. The zero-order valence-electron chi connectivity index (χ0n) is 11.5. The standard InChI is InChI=1S/C16H16N4O/c17-10-11-20-15(21)13-8-4-5-9-14(13)19-16(20)18-12-6-2-1-3-7-12/h1-9H,10-11,17H2,(H,18,19). The highest BCUT2D eigenvalue weighted by atomic mass is 16.1. The molecule has 0 unspecified atom stereocenters. The number of nitrogens with one attached hydrogen (secondary N) is 1. The van der Waals surface area contributed by atoms with Crippen molar-refractivity contribution in [1.82, 2.24) is 9.55 Å². The number of hydrogen-bond acceptors (Lipinski definition) is 4. The van der Waals surface area contributed by atoms with E-state index in [4.69, 9.17) is 5.73 Å². The Labute approximate surface area is 122 Å². The third kappa shape index (κ3) is 2.64. The molecule has 106 valence electrons. The number of para-hydroxylation sites is 2. The van der Waals surface area contributed by atoms with Crippen LogP contribution in [0.3, 0.4) is 0 Å². The Morgan fingerprint density at radius 3 is 2.52 bits per heavy atom. The molecule has 0 bridgehead atoms. The molecule has 3 aromatic rings. The molecule has 0 spiro atoms. The van der Waals surface area contributed by atoms with Crippen LogP contribution < -0.4 is 16.6 Å². The summed E-state index contributed by atoms with van der Waals surface area (Å²) in [6, 6.07) is 17.0. The highest BCUT2D eigenvalue weighted by Gasteiger charge is 2.10. The summed E-state index contributed by atoms with van der Waals surface area (Å²) in [5, 5.41) is 3.79. The average molecular weight is 280 g/mol. The summed E-state index contributed by atoms with van der Waals surface area (Å²) < 4.78 is 1.58. The molecule has 0 aliphatic rings. The Morgan fingerprint density at radius 1 is 1.05 bits per heavy atom. The molecule has 1 heterocycles. The highest BCUT2D eigenvalue weighted by Crippen LogP contribution is 2.16. The van der Waals surface area contributed by atoms with Crippen LogP contribution in [0.2, 0.25) is 0 Å². The van der Waals surface area contributed by atoms with E-state index in [1.165, 1.54) is 0 Å². The van der Waals surface area contributed by atoms with E-state index in [9.17, 15) is 4.79 Å². The minimum absolute atomic E-state index is 0.0792. The molecule has 2 aromatic carbocycles. The van der Waals surface area contributed by atoms with Crippen LogP contribution in [0.4, 0.5) is 11.6 Å². The summed E-state index contributed by atoms with van der Waals surface area (Å²) in [7, 11) is 0. The normalized spacial score (nSPS) is 10.7. The van der Waals surface area contributed by atoms with Gasteiger partial charge in [-0.25, -0.2) is 4.98 Å². The SMILES string of the molecule is NCCn1c(Nc2ccccc2)nc2ccccc2c1=O. The molecule has 5 heteroatoms. The molecule has 21 heavy (non-hydrogen) atoms. The number of rotatable bonds is 4. The predicted octanol–water partition coefficient (Wildman–Crippen LogP) is 2.10. The minimum Gasteiger partial charge on any atom is -0.329 e. The fourth-order valence-electron chi connectivity index (χ4n) is 2.25. The van der Waals surface area contributed by atoms with Gasteiger partial charge in [-0.05, 0) is 24.3 Å². The van der Waals surface area contributed by atoms with Crippen molar-refractivity contribution in [1.29, 1.82) is 0 Å². The number of fused-ring (bicyclic) bond motifs is 1. The number of benzene rings is 2. The van der Waals surface area contributed by atoms with Crippen molar-refractivity contribution in [2.24, 2.45) is 5.73 Å². The molecule has 0 aliphatic heterocycles. The lowest BCUT2D eigenvalue weighted by Gasteiger charge is -2.14. The van der Waals surface area contributed by atoms with Gasteiger partial charge in [-0.2, -0.15) is 0 Å². The van der Waals surface area contributed by atoms with Crippen LogP contribution in [0.1, 0.15) is 0 Å². The Balaban J connectivity index is 2.15. The molecule has 0 saturated carbocycles. The van der Waals surface area contributed by atoms with Crippen molar-refractivity contribution in [2.75, 3.05) is 11.9 Å². The quantitative estimate of drug-likeness (QED) is 0.767. The van der Waals surface area contributed by atoms with Gasteiger partial charge in [0.05, 0.1) is 10.9 Å². The second-order valence-corrected chi connectivity index (χ2v) is 4.69. The van der Waals surface area contributed by atoms with Crippen LogP contribution in [0.25, 0.3) is 10.9 Å². The van der Waals surface area contributed by atoms with Crippen LogP contribution in [0.5, 0.6) is 0 Å². The lowest BCUT2D eigenvalue weighted by atomic mass is 10.2. The molecular formula is C16H16N4O. The van der Waals surface area contributed by atoms with Gasteiger partial charge in [0.1, 0.15) is 0 Å². The van der Waals surface area contributed by atoms with Crippen molar-refractivity contribution in [2.45, 2.75) is 6.54 Å². The second kappa shape index (κ2) is 5.76. The number of anilines is 2. The van der Waals surface area contributed by atoms with E-state index in [1.807, 2.05) is 48.5 Å². The van der Waals surface area contributed by atoms with Crippen molar-refractivity contribution >= 4 is 22.5 Å². The topological polar surface area (TPSA) is 72.9 Å². The van der Waals surface area contributed by atoms with Gasteiger partial charge >= 0.3 is 0 Å². The summed E-state index contributed by atoms with van der Waals surface area (Å²) in [6.07, 6.45) is 0. The maximum Gasteiger partial charge on any atom is 0.262 e. The molecule has 0 aliphatic carbocycles. The zero-order valence-corrected chi connectivity index (χ0v) is 11.5.